The number of hydrogen-bond donors (Lipinski definition) is 1. The lowest BCUT2D eigenvalue weighted by atomic mass is 10.1. The van der Waals surface area contributed by atoms with E-state index in [0.29, 0.717) is 5.95 Å². The van der Waals surface area contributed by atoms with Crippen LogP contribution in [0.5, 0.6) is 0 Å². The van der Waals surface area contributed by atoms with Crippen LogP contribution in [0.25, 0.3) is 22.1 Å². The molecule has 5 heteroatoms. The predicted octanol–water partition coefficient (Wildman–Crippen LogP) is 3.17. The molecule has 0 radical (unpaired) electrons. The number of anilines is 1. The van der Waals surface area contributed by atoms with Gasteiger partial charge in [0.05, 0.1) is 5.52 Å². The van der Waals surface area contributed by atoms with Gasteiger partial charge in [-0.25, -0.2) is 0 Å². The number of nitrogens with one attached hydrogen (secondary N) is 1. The first kappa shape index (κ1) is 13.7. The number of benzene rings is 2. The molecule has 0 bridgehead atoms. The van der Waals surface area contributed by atoms with Crippen molar-refractivity contribution in [1.29, 1.82) is 0 Å². The molecule has 0 amide bonds. The molecule has 2 aromatic heterocycles. The van der Waals surface area contributed by atoms with Crippen molar-refractivity contribution in [3.63, 3.8) is 0 Å². The van der Waals surface area contributed by atoms with Crippen molar-refractivity contribution in [3.8, 4) is 0 Å². The van der Waals surface area contributed by atoms with Crippen LogP contribution < -0.4 is 5.32 Å². The highest BCUT2D eigenvalue weighted by Gasteiger charge is 2.11. The zero-order valence-electron chi connectivity index (χ0n) is 12.9. The second-order valence-corrected chi connectivity index (χ2v) is 5.55. The van der Waals surface area contributed by atoms with Gasteiger partial charge in [0, 0.05) is 19.0 Å². The van der Waals surface area contributed by atoms with Crippen molar-refractivity contribution in [2.45, 2.75) is 6.42 Å². The number of fused-ring (bicyclic) bond motifs is 3. The van der Waals surface area contributed by atoms with Gasteiger partial charge in [-0.15, -0.1) is 10.2 Å². The summed E-state index contributed by atoms with van der Waals surface area (Å²) in [7, 11) is 2.01. The van der Waals surface area contributed by atoms with Crippen LogP contribution in [0.4, 0.5) is 5.95 Å². The first-order valence-corrected chi connectivity index (χ1v) is 7.68. The topological polar surface area (TPSA) is 55.6 Å². The largest absolute Gasteiger partial charge is 0.353 e. The van der Waals surface area contributed by atoms with Crippen molar-refractivity contribution in [2.75, 3.05) is 11.9 Å². The summed E-state index contributed by atoms with van der Waals surface area (Å²) < 4.78 is 2.06. The van der Waals surface area contributed by atoms with Crippen molar-refractivity contribution >= 4 is 28.0 Å². The second-order valence-electron chi connectivity index (χ2n) is 5.55. The molecule has 0 aliphatic carbocycles. The van der Waals surface area contributed by atoms with Crippen LogP contribution in [-0.2, 0) is 13.5 Å². The molecule has 0 spiro atoms. The maximum Gasteiger partial charge on any atom is 0.244 e. The third-order valence-corrected chi connectivity index (χ3v) is 4.05. The normalized spacial score (nSPS) is 11.2. The van der Waals surface area contributed by atoms with Crippen molar-refractivity contribution < 1.29 is 0 Å². The van der Waals surface area contributed by atoms with Gasteiger partial charge in [-0.2, -0.15) is 4.98 Å². The van der Waals surface area contributed by atoms with Gasteiger partial charge in [0.2, 0.25) is 5.95 Å². The molecule has 0 aliphatic rings. The minimum Gasteiger partial charge on any atom is -0.353 e. The molecule has 0 saturated carbocycles. The van der Waals surface area contributed by atoms with Crippen LogP contribution in [0.2, 0.25) is 0 Å². The van der Waals surface area contributed by atoms with Gasteiger partial charge >= 0.3 is 0 Å². The summed E-state index contributed by atoms with van der Waals surface area (Å²) in [6.45, 7) is 0.779. The Bertz CT molecular complexity index is 959. The maximum absolute atomic E-state index is 4.62. The highest BCUT2D eigenvalue weighted by molar-refractivity contribution is 6.04. The third-order valence-electron chi connectivity index (χ3n) is 4.05. The number of rotatable bonds is 4. The Morgan fingerprint density at radius 3 is 2.61 bits per heavy atom. The van der Waals surface area contributed by atoms with E-state index in [-0.39, 0.29) is 0 Å². The summed E-state index contributed by atoms with van der Waals surface area (Å²) in [5.41, 5.74) is 4.10. The van der Waals surface area contributed by atoms with Gasteiger partial charge < -0.3 is 9.88 Å². The molecule has 2 aromatic carbocycles. The zero-order valence-corrected chi connectivity index (χ0v) is 12.9. The third kappa shape index (κ3) is 2.50. The molecule has 23 heavy (non-hydrogen) atoms. The van der Waals surface area contributed by atoms with E-state index in [0.717, 1.165) is 35.0 Å². The molecular formula is C18H17N5. The van der Waals surface area contributed by atoms with Crippen molar-refractivity contribution in [2.24, 2.45) is 7.05 Å². The summed E-state index contributed by atoms with van der Waals surface area (Å²) in [6.07, 6.45) is 0.928. The predicted molar refractivity (Wildman–Crippen MR) is 92.4 cm³/mol. The van der Waals surface area contributed by atoms with Gasteiger partial charge in [0.1, 0.15) is 5.52 Å². The Morgan fingerprint density at radius 1 is 0.957 bits per heavy atom. The SMILES string of the molecule is Cn1c2ccccc2c2nnc(NCCc3ccccc3)nc21. The van der Waals surface area contributed by atoms with E-state index >= 15 is 0 Å². The standard InChI is InChI=1S/C18H17N5/c1-23-15-10-6-5-9-14(15)16-17(23)20-18(22-21-16)19-12-11-13-7-3-2-4-8-13/h2-10H,11-12H2,1H3,(H,19,20,22). The lowest BCUT2D eigenvalue weighted by Crippen LogP contribution is -2.09. The number of nitrogens with zero attached hydrogens (tertiary/aromatic N) is 4. The Balaban J connectivity index is 1.59. The number of aryl methyl sites for hydroxylation is 1. The van der Waals surface area contributed by atoms with E-state index in [9.17, 15) is 0 Å². The van der Waals surface area contributed by atoms with E-state index in [1.807, 2.05) is 25.2 Å². The van der Waals surface area contributed by atoms with Crippen LogP contribution in [-0.4, -0.2) is 26.3 Å². The van der Waals surface area contributed by atoms with E-state index in [1.54, 1.807) is 0 Å². The molecule has 0 aliphatic heterocycles. The summed E-state index contributed by atoms with van der Waals surface area (Å²) >= 11 is 0. The summed E-state index contributed by atoms with van der Waals surface area (Å²) in [5.74, 6) is 0.569. The fraction of sp³-hybridized carbons (Fsp3) is 0.167. The Kier molecular flexibility index (Phi) is 3.38. The molecule has 4 rings (SSSR count). The quantitative estimate of drug-likeness (QED) is 0.629. The van der Waals surface area contributed by atoms with Crippen LogP contribution in [0.15, 0.2) is 54.6 Å². The summed E-state index contributed by atoms with van der Waals surface area (Å²) in [5, 5.41) is 12.9. The zero-order chi connectivity index (χ0) is 15.6. The fourth-order valence-electron chi connectivity index (χ4n) is 2.84. The molecule has 114 valence electrons. The van der Waals surface area contributed by atoms with Crippen LogP contribution in [0.3, 0.4) is 0 Å². The van der Waals surface area contributed by atoms with Crippen molar-refractivity contribution in [1.82, 2.24) is 19.7 Å². The van der Waals surface area contributed by atoms with Crippen LogP contribution in [0, 0.1) is 0 Å². The lowest BCUT2D eigenvalue weighted by Gasteiger charge is -2.04. The van der Waals surface area contributed by atoms with E-state index < -0.39 is 0 Å². The molecule has 5 nitrogen and oxygen atoms in total. The number of hydrogen-bond acceptors (Lipinski definition) is 4. The smallest absolute Gasteiger partial charge is 0.244 e. The lowest BCUT2D eigenvalue weighted by molar-refractivity contribution is 0.926. The van der Waals surface area contributed by atoms with Crippen molar-refractivity contribution in [3.05, 3.63) is 60.2 Å². The molecule has 1 N–H and O–H groups in total. The van der Waals surface area contributed by atoms with Gasteiger partial charge in [0.15, 0.2) is 5.65 Å². The minimum atomic E-state index is 0.569. The first-order valence-electron chi connectivity index (χ1n) is 7.68. The fourth-order valence-corrected chi connectivity index (χ4v) is 2.84. The average molecular weight is 303 g/mol. The van der Waals surface area contributed by atoms with Gasteiger partial charge in [0.25, 0.3) is 0 Å². The van der Waals surface area contributed by atoms with E-state index in [4.69, 9.17) is 0 Å². The van der Waals surface area contributed by atoms with Gasteiger partial charge in [-0.05, 0) is 18.1 Å². The Morgan fingerprint density at radius 2 is 1.74 bits per heavy atom. The van der Waals surface area contributed by atoms with Gasteiger partial charge in [-0.1, -0.05) is 48.5 Å². The summed E-state index contributed by atoms with van der Waals surface area (Å²) in [6, 6.07) is 18.5. The Labute approximate surface area is 134 Å². The molecular weight excluding hydrogens is 286 g/mol. The first-order chi connectivity index (χ1) is 11.3. The summed E-state index contributed by atoms with van der Waals surface area (Å²) in [4.78, 5) is 4.62. The highest BCUT2D eigenvalue weighted by Crippen LogP contribution is 2.24. The molecule has 0 fully saturated rings. The second kappa shape index (κ2) is 5.68. The maximum atomic E-state index is 4.62. The molecule has 4 aromatic rings. The minimum absolute atomic E-state index is 0.569. The van der Waals surface area contributed by atoms with E-state index in [2.05, 4.69) is 61.5 Å². The monoisotopic (exact) mass is 303 g/mol. The Hall–Kier alpha value is -2.95. The van der Waals surface area contributed by atoms with Crippen LogP contribution in [0.1, 0.15) is 5.56 Å². The molecule has 2 heterocycles. The molecule has 0 unspecified atom stereocenters. The van der Waals surface area contributed by atoms with E-state index in [1.165, 1.54) is 5.56 Å². The number of aromatic nitrogens is 4. The van der Waals surface area contributed by atoms with Crippen LogP contribution >= 0.6 is 0 Å². The van der Waals surface area contributed by atoms with Gasteiger partial charge in [-0.3, -0.25) is 0 Å². The number of para-hydroxylation sites is 1. The molecule has 0 atom stereocenters. The highest BCUT2D eigenvalue weighted by atomic mass is 15.3. The molecule has 0 saturated heterocycles. The average Bonchev–Trinajstić information content (AvgIpc) is 2.89.